The maximum Gasteiger partial charge on any atom is 0.326 e. The number of aliphatic carboxylic acids is 1. The van der Waals surface area contributed by atoms with Gasteiger partial charge >= 0.3 is 5.97 Å². The normalized spacial score (nSPS) is 12.8. The highest BCUT2D eigenvalue weighted by molar-refractivity contribution is 7.90. The molecule has 7 nitrogen and oxygen atoms in total. The van der Waals surface area contributed by atoms with Crippen molar-refractivity contribution in [2.75, 3.05) is 12.9 Å². The van der Waals surface area contributed by atoms with Crippen LogP contribution in [-0.2, 0) is 21.1 Å². The highest BCUT2D eigenvalue weighted by Gasteiger charge is 2.24. The van der Waals surface area contributed by atoms with E-state index in [2.05, 4.69) is 16.9 Å². The van der Waals surface area contributed by atoms with Gasteiger partial charge in [-0.25, -0.2) is 13.2 Å². The summed E-state index contributed by atoms with van der Waals surface area (Å²) in [6.07, 6.45) is 2.55. The molecule has 1 amide bonds. The molecule has 4 rings (SSSR count). The summed E-state index contributed by atoms with van der Waals surface area (Å²) in [5.74, 6) is 0.970. The molecule has 11 heteroatoms. The number of amides is 1. The Morgan fingerprint density at radius 2 is 1.79 bits per heavy atom. The average molecular weight is 602 g/mol. The van der Waals surface area contributed by atoms with Crippen LogP contribution < -0.4 is 10.6 Å². The van der Waals surface area contributed by atoms with Crippen molar-refractivity contribution in [1.82, 2.24) is 5.32 Å². The Labute approximate surface area is 236 Å². The van der Waals surface area contributed by atoms with E-state index in [1.54, 1.807) is 12.3 Å². The predicted molar refractivity (Wildman–Crippen MR) is 154 cm³/mol. The van der Waals surface area contributed by atoms with Gasteiger partial charge in [0.2, 0.25) is 0 Å². The molecule has 0 aliphatic heterocycles. The molecular formula is C28H22Cl2NO6PS. The molecule has 0 saturated heterocycles. The first-order valence-electron chi connectivity index (χ1n) is 11.5. The van der Waals surface area contributed by atoms with Crippen molar-refractivity contribution in [3.63, 3.8) is 0 Å². The number of fused-ring (bicyclic) bond motifs is 1. The van der Waals surface area contributed by atoms with Crippen molar-refractivity contribution in [2.24, 2.45) is 0 Å². The van der Waals surface area contributed by atoms with Gasteiger partial charge in [-0.15, -0.1) is 0 Å². The molecule has 1 heterocycles. The zero-order valence-electron chi connectivity index (χ0n) is 20.7. The van der Waals surface area contributed by atoms with Crippen LogP contribution in [0.5, 0.6) is 0 Å². The molecular weight excluding hydrogens is 580 g/mol. The molecule has 200 valence electrons. The number of halogens is 2. The summed E-state index contributed by atoms with van der Waals surface area (Å²) in [5.41, 5.74) is 4.83. The van der Waals surface area contributed by atoms with Gasteiger partial charge in [-0.05, 0) is 53.9 Å². The van der Waals surface area contributed by atoms with E-state index in [1.165, 1.54) is 30.3 Å². The number of hydrogen-bond donors (Lipinski definition) is 2. The van der Waals surface area contributed by atoms with Crippen LogP contribution in [-0.4, -0.2) is 44.4 Å². The molecule has 0 bridgehead atoms. The van der Waals surface area contributed by atoms with Crippen molar-refractivity contribution >= 4 is 69.1 Å². The average Bonchev–Trinajstić information content (AvgIpc) is 3.34. The van der Waals surface area contributed by atoms with Gasteiger partial charge in [0.05, 0.1) is 26.8 Å². The van der Waals surface area contributed by atoms with Crippen molar-refractivity contribution in [3.8, 4) is 11.6 Å². The monoisotopic (exact) mass is 601 g/mol. The van der Waals surface area contributed by atoms with Crippen LogP contribution in [0.1, 0.15) is 21.5 Å². The van der Waals surface area contributed by atoms with Crippen LogP contribution >= 0.6 is 31.1 Å². The van der Waals surface area contributed by atoms with E-state index < -0.39 is 35.7 Å². The number of benzene rings is 3. The van der Waals surface area contributed by atoms with Crippen molar-refractivity contribution in [3.05, 3.63) is 93.7 Å². The van der Waals surface area contributed by atoms with Crippen molar-refractivity contribution in [1.29, 1.82) is 0 Å². The van der Waals surface area contributed by atoms with Gasteiger partial charge < -0.3 is 14.8 Å². The summed E-state index contributed by atoms with van der Waals surface area (Å²) in [6, 6.07) is 15.4. The van der Waals surface area contributed by atoms with Gasteiger partial charge in [0.1, 0.15) is 11.6 Å². The van der Waals surface area contributed by atoms with Crippen LogP contribution in [0, 0.1) is 11.6 Å². The number of nitrogens with one attached hydrogen (secondary N) is 1. The highest BCUT2D eigenvalue weighted by atomic mass is 35.5. The fraction of sp³-hybridized carbons (Fsp3) is 0.143. The molecule has 2 unspecified atom stereocenters. The van der Waals surface area contributed by atoms with E-state index in [0.29, 0.717) is 11.1 Å². The third kappa shape index (κ3) is 7.00. The van der Waals surface area contributed by atoms with Gasteiger partial charge in [-0.3, -0.25) is 4.79 Å². The predicted octanol–water partition coefficient (Wildman–Crippen LogP) is 5.32. The summed E-state index contributed by atoms with van der Waals surface area (Å²) in [4.78, 5) is 24.9. The Hall–Kier alpha value is -3.34. The van der Waals surface area contributed by atoms with Gasteiger partial charge in [-0.1, -0.05) is 59.0 Å². The van der Waals surface area contributed by atoms with E-state index >= 15 is 0 Å². The van der Waals surface area contributed by atoms with Crippen LogP contribution in [0.3, 0.4) is 0 Å². The first-order chi connectivity index (χ1) is 18.4. The summed E-state index contributed by atoms with van der Waals surface area (Å²) >= 11 is 12.7. The molecule has 0 saturated carbocycles. The molecule has 0 aliphatic carbocycles. The van der Waals surface area contributed by atoms with Gasteiger partial charge in [0.15, 0.2) is 9.84 Å². The molecule has 0 radical (unpaired) electrons. The maximum absolute atomic E-state index is 13.0. The number of furan rings is 1. The lowest BCUT2D eigenvalue weighted by Gasteiger charge is -2.16. The molecule has 3 aromatic carbocycles. The lowest BCUT2D eigenvalue weighted by molar-refractivity contribution is -0.139. The van der Waals surface area contributed by atoms with Crippen LogP contribution in [0.2, 0.25) is 10.0 Å². The van der Waals surface area contributed by atoms with E-state index in [-0.39, 0.29) is 26.9 Å². The largest absolute Gasteiger partial charge is 0.480 e. The topological polar surface area (TPSA) is 114 Å². The SMILES string of the molecule is CP(C#Cc1cc(Cl)c(C(=O)NC(Cc2cccc(S(C)(=O)=O)c2)C(=O)O)c(Cl)c1)c1ccc2ccoc2c1. The summed E-state index contributed by atoms with van der Waals surface area (Å²) in [6.45, 7) is 2.01. The second-order valence-corrected chi connectivity index (χ2v) is 13.4. The summed E-state index contributed by atoms with van der Waals surface area (Å²) in [5, 5.41) is 14.2. The molecule has 4 aromatic rings. The standard InChI is InChI=1S/C28H22Cl2NO6PS/c1-38(20-7-6-19-8-10-37-25(19)16-20)11-9-18-13-22(29)26(23(30)14-18)27(32)31-24(28(33)34)15-17-4-3-5-21(12-17)39(2,35)36/h3-8,10,12-14,16,24H,15H2,1-2H3,(H,31,32)(H,33,34). The minimum atomic E-state index is -3.48. The number of carbonyl (C=O) groups is 2. The van der Waals surface area contributed by atoms with Gasteiger partial charge in [0.25, 0.3) is 5.91 Å². The zero-order chi connectivity index (χ0) is 28.3. The number of hydrogen-bond acceptors (Lipinski definition) is 5. The third-order valence-corrected chi connectivity index (χ3v) is 9.04. The lowest BCUT2D eigenvalue weighted by Crippen LogP contribution is -2.42. The fourth-order valence-corrected chi connectivity index (χ4v) is 6.18. The van der Waals surface area contributed by atoms with Crippen molar-refractivity contribution in [2.45, 2.75) is 17.4 Å². The number of sulfone groups is 1. The maximum atomic E-state index is 13.0. The molecule has 39 heavy (non-hydrogen) atoms. The minimum absolute atomic E-state index is 0.0185. The molecule has 1 aromatic heterocycles. The third-order valence-electron chi connectivity index (χ3n) is 5.83. The number of carbonyl (C=O) groups excluding carboxylic acids is 1. The summed E-state index contributed by atoms with van der Waals surface area (Å²) < 4.78 is 29.1. The van der Waals surface area contributed by atoms with E-state index in [4.69, 9.17) is 27.6 Å². The quantitative estimate of drug-likeness (QED) is 0.219. The Morgan fingerprint density at radius 1 is 1.08 bits per heavy atom. The van der Waals surface area contributed by atoms with Gasteiger partial charge in [0, 0.05) is 31.5 Å². The number of carboxylic acid groups (broad SMARTS) is 1. The fourth-order valence-electron chi connectivity index (χ4n) is 3.80. The lowest BCUT2D eigenvalue weighted by atomic mass is 10.0. The first-order valence-corrected chi connectivity index (χ1v) is 15.9. The van der Waals surface area contributed by atoms with E-state index in [9.17, 15) is 23.1 Å². The molecule has 2 atom stereocenters. The molecule has 2 N–H and O–H groups in total. The minimum Gasteiger partial charge on any atom is -0.480 e. The first kappa shape index (κ1) is 28.7. The highest BCUT2D eigenvalue weighted by Crippen LogP contribution is 2.31. The second kappa shape index (κ2) is 11.8. The van der Waals surface area contributed by atoms with E-state index in [0.717, 1.165) is 22.5 Å². The van der Waals surface area contributed by atoms with Crippen LogP contribution in [0.25, 0.3) is 11.0 Å². The van der Waals surface area contributed by atoms with Crippen LogP contribution in [0.4, 0.5) is 0 Å². The number of rotatable bonds is 7. The Bertz CT molecular complexity index is 1730. The summed E-state index contributed by atoms with van der Waals surface area (Å²) in [7, 11) is -4.32. The van der Waals surface area contributed by atoms with Crippen molar-refractivity contribution < 1.29 is 27.5 Å². The Kier molecular flexibility index (Phi) is 8.68. The van der Waals surface area contributed by atoms with Gasteiger partial charge in [-0.2, -0.15) is 0 Å². The Balaban J connectivity index is 1.51. The second-order valence-electron chi connectivity index (χ2n) is 8.74. The Morgan fingerprint density at radius 3 is 2.46 bits per heavy atom. The molecule has 0 spiro atoms. The number of carboxylic acids is 1. The van der Waals surface area contributed by atoms with Crippen LogP contribution in [0.15, 0.2) is 76.2 Å². The smallest absolute Gasteiger partial charge is 0.326 e. The van der Waals surface area contributed by atoms with E-state index in [1.807, 2.05) is 30.9 Å². The zero-order valence-corrected chi connectivity index (χ0v) is 24.0. The molecule has 0 fully saturated rings. The molecule has 0 aliphatic rings.